The van der Waals surface area contributed by atoms with Gasteiger partial charge >= 0.3 is 5.97 Å². The number of carbonyl (C=O) groups excluding carboxylic acids is 1. The van der Waals surface area contributed by atoms with Crippen LogP contribution in [0.5, 0.6) is 11.5 Å². The zero-order chi connectivity index (χ0) is 16.8. The van der Waals surface area contributed by atoms with Crippen LogP contribution in [0.4, 0.5) is 0 Å². The van der Waals surface area contributed by atoms with Crippen molar-refractivity contribution in [3.63, 3.8) is 0 Å². The van der Waals surface area contributed by atoms with Crippen molar-refractivity contribution < 1.29 is 24.2 Å². The molecular formula is C16H17NO5S. The van der Waals surface area contributed by atoms with E-state index in [1.165, 1.54) is 25.3 Å². The number of nitrogens with one attached hydrogen (secondary N) is 1. The van der Waals surface area contributed by atoms with Gasteiger partial charge in [0.25, 0.3) is 5.91 Å². The Bertz CT molecular complexity index is 684. The Balaban J connectivity index is 1.95. The molecule has 6 nitrogen and oxygen atoms in total. The Labute approximate surface area is 137 Å². The molecule has 23 heavy (non-hydrogen) atoms. The highest BCUT2D eigenvalue weighted by atomic mass is 32.1. The maximum absolute atomic E-state index is 11.9. The fourth-order valence-corrected chi connectivity index (χ4v) is 2.69. The number of amides is 1. The fourth-order valence-electron chi connectivity index (χ4n) is 1.96. The van der Waals surface area contributed by atoms with Crippen molar-refractivity contribution in [2.75, 3.05) is 13.7 Å². The number of benzene rings is 1. The minimum absolute atomic E-state index is 0.0879. The minimum atomic E-state index is -1.06. The first kappa shape index (κ1) is 16.8. The van der Waals surface area contributed by atoms with Gasteiger partial charge in [-0.25, -0.2) is 4.79 Å². The van der Waals surface area contributed by atoms with Crippen LogP contribution >= 0.6 is 11.3 Å². The van der Waals surface area contributed by atoms with E-state index in [0.29, 0.717) is 5.75 Å². The summed E-state index contributed by atoms with van der Waals surface area (Å²) in [4.78, 5) is 23.9. The Morgan fingerprint density at radius 1 is 1.30 bits per heavy atom. The van der Waals surface area contributed by atoms with Crippen LogP contribution in [0.1, 0.15) is 28.2 Å². The van der Waals surface area contributed by atoms with Gasteiger partial charge in [-0.15, -0.1) is 11.3 Å². The first-order chi connectivity index (χ1) is 11.0. The molecule has 1 heterocycles. The number of carboxylic acid groups (broad SMARTS) is 1. The molecular weight excluding hydrogens is 318 g/mol. The lowest BCUT2D eigenvalue weighted by atomic mass is 10.2. The topological polar surface area (TPSA) is 84.9 Å². The highest BCUT2D eigenvalue weighted by molar-refractivity contribution is 7.10. The van der Waals surface area contributed by atoms with Crippen LogP contribution < -0.4 is 14.8 Å². The predicted octanol–water partition coefficient (Wildman–Crippen LogP) is 2.71. The van der Waals surface area contributed by atoms with Gasteiger partial charge in [0.05, 0.1) is 18.7 Å². The van der Waals surface area contributed by atoms with Gasteiger partial charge < -0.3 is 19.9 Å². The number of ether oxygens (including phenoxy) is 2. The second kappa shape index (κ2) is 7.64. The van der Waals surface area contributed by atoms with Gasteiger partial charge in [-0.2, -0.15) is 0 Å². The van der Waals surface area contributed by atoms with Gasteiger partial charge in [-0.3, -0.25) is 4.79 Å². The molecule has 0 aliphatic carbocycles. The first-order valence-corrected chi connectivity index (χ1v) is 7.76. The van der Waals surface area contributed by atoms with Crippen molar-refractivity contribution in [3.05, 3.63) is 46.2 Å². The molecule has 1 atom stereocenters. The minimum Gasteiger partial charge on any atom is -0.493 e. The molecule has 2 N–H and O–H groups in total. The van der Waals surface area contributed by atoms with Crippen molar-refractivity contribution in [2.45, 2.75) is 13.0 Å². The van der Waals surface area contributed by atoms with E-state index in [0.717, 1.165) is 4.88 Å². The molecule has 2 aromatic rings. The monoisotopic (exact) mass is 335 g/mol. The van der Waals surface area contributed by atoms with E-state index in [2.05, 4.69) is 5.32 Å². The lowest BCUT2D eigenvalue weighted by Crippen LogP contribution is -2.30. The predicted molar refractivity (Wildman–Crippen MR) is 86.3 cm³/mol. The third-order valence-electron chi connectivity index (χ3n) is 3.12. The van der Waals surface area contributed by atoms with Crippen LogP contribution in [0.25, 0.3) is 0 Å². The van der Waals surface area contributed by atoms with Crippen molar-refractivity contribution in [1.82, 2.24) is 5.32 Å². The number of aromatic carboxylic acids is 1. The molecule has 0 unspecified atom stereocenters. The molecule has 0 saturated carbocycles. The van der Waals surface area contributed by atoms with E-state index in [-0.39, 0.29) is 29.9 Å². The summed E-state index contributed by atoms with van der Waals surface area (Å²) in [5.41, 5.74) is 0.0879. The van der Waals surface area contributed by atoms with Gasteiger partial charge in [0, 0.05) is 4.88 Å². The van der Waals surface area contributed by atoms with E-state index in [4.69, 9.17) is 14.6 Å². The molecule has 0 aliphatic rings. The van der Waals surface area contributed by atoms with Crippen LogP contribution in [0.15, 0.2) is 35.7 Å². The standard InChI is InChI=1S/C16H17NO5S/c1-10(14-4-3-7-23-14)17-15(18)9-22-12-6-5-11(16(19)20)8-13(12)21-2/h3-8,10H,9H2,1-2H3,(H,17,18)(H,19,20)/t10-/m1/s1. The zero-order valence-electron chi connectivity index (χ0n) is 12.7. The molecule has 0 radical (unpaired) electrons. The number of carboxylic acids is 1. The number of methoxy groups -OCH3 is 1. The summed E-state index contributed by atoms with van der Waals surface area (Å²) < 4.78 is 10.5. The summed E-state index contributed by atoms with van der Waals surface area (Å²) in [6.45, 7) is 1.71. The molecule has 122 valence electrons. The number of thiophene rings is 1. The SMILES string of the molecule is COc1cc(C(=O)O)ccc1OCC(=O)N[C@H](C)c1cccs1. The summed E-state index contributed by atoms with van der Waals surface area (Å²) in [5.74, 6) is -0.743. The van der Waals surface area contributed by atoms with E-state index in [1.54, 1.807) is 11.3 Å². The van der Waals surface area contributed by atoms with Crippen LogP contribution in [-0.4, -0.2) is 30.7 Å². The smallest absolute Gasteiger partial charge is 0.335 e. The zero-order valence-corrected chi connectivity index (χ0v) is 13.6. The molecule has 0 saturated heterocycles. The van der Waals surface area contributed by atoms with Gasteiger partial charge in [0.2, 0.25) is 0 Å². The van der Waals surface area contributed by atoms with Crippen LogP contribution in [0, 0.1) is 0 Å². The van der Waals surface area contributed by atoms with Gasteiger partial charge in [-0.1, -0.05) is 6.07 Å². The number of carbonyl (C=O) groups is 2. The highest BCUT2D eigenvalue weighted by Crippen LogP contribution is 2.28. The lowest BCUT2D eigenvalue weighted by molar-refractivity contribution is -0.123. The number of hydrogen-bond donors (Lipinski definition) is 2. The normalized spacial score (nSPS) is 11.6. The molecule has 2 rings (SSSR count). The number of hydrogen-bond acceptors (Lipinski definition) is 5. The van der Waals surface area contributed by atoms with E-state index >= 15 is 0 Å². The quantitative estimate of drug-likeness (QED) is 0.813. The van der Waals surface area contributed by atoms with Crippen molar-refractivity contribution in [3.8, 4) is 11.5 Å². The second-order valence-electron chi connectivity index (χ2n) is 4.76. The average molecular weight is 335 g/mol. The summed E-state index contributed by atoms with van der Waals surface area (Å²) in [5, 5.41) is 13.7. The third-order valence-corrected chi connectivity index (χ3v) is 4.17. The average Bonchev–Trinajstić information content (AvgIpc) is 3.07. The molecule has 7 heteroatoms. The van der Waals surface area contributed by atoms with Gasteiger partial charge in [0.15, 0.2) is 18.1 Å². The molecule has 0 aliphatic heterocycles. The summed E-state index contributed by atoms with van der Waals surface area (Å²) in [7, 11) is 1.41. The maximum atomic E-state index is 11.9. The molecule has 0 spiro atoms. The second-order valence-corrected chi connectivity index (χ2v) is 5.74. The largest absolute Gasteiger partial charge is 0.493 e. The Morgan fingerprint density at radius 2 is 2.09 bits per heavy atom. The lowest BCUT2D eigenvalue weighted by Gasteiger charge is -2.14. The number of rotatable bonds is 7. The van der Waals surface area contributed by atoms with Gasteiger partial charge in [-0.05, 0) is 36.6 Å². The Hall–Kier alpha value is -2.54. The highest BCUT2D eigenvalue weighted by Gasteiger charge is 2.13. The maximum Gasteiger partial charge on any atom is 0.335 e. The Morgan fingerprint density at radius 3 is 2.70 bits per heavy atom. The van der Waals surface area contributed by atoms with E-state index in [9.17, 15) is 9.59 Å². The Kier molecular flexibility index (Phi) is 5.59. The van der Waals surface area contributed by atoms with Crippen molar-refractivity contribution in [2.24, 2.45) is 0 Å². The molecule has 1 amide bonds. The third kappa shape index (κ3) is 4.46. The van der Waals surface area contributed by atoms with E-state index < -0.39 is 5.97 Å². The van der Waals surface area contributed by atoms with E-state index in [1.807, 2.05) is 24.4 Å². The van der Waals surface area contributed by atoms with Crippen LogP contribution in [-0.2, 0) is 4.79 Å². The van der Waals surface area contributed by atoms with Crippen LogP contribution in [0.2, 0.25) is 0 Å². The molecule has 1 aromatic carbocycles. The first-order valence-electron chi connectivity index (χ1n) is 6.88. The summed E-state index contributed by atoms with van der Waals surface area (Å²) >= 11 is 1.57. The van der Waals surface area contributed by atoms with Crippen molar-refractivity contribution >= 4 is 23.2 Å². The molecule has 0 bridgehead atoms. The molecule has 1 aromatic heterocycles. The fraction of sp³-hybridized carbons (Fsp3) is 0.250. The van der Waals surface area contributed by atoms with Crippen LogP contribution in [0.3, 0.4) is 0 Å². The molecule has 0 fully saturated rings. The summed E-state index contributed by atoms with van der Waals surface area (Å²) in [6, 6.07) is 7.99. The summed E-state index contributed by atoms with van der Waals surface area (Å²) in [6.07, 6.45) is 0. The van der Waals surface area contributed by atoms with Gasteiger partial charge in [0.1, 0.15) is 0 Å². The van der Waals surface area contributed by atoms with Crippen molar-refractivity contribution in [1.29, 1.82) is 0 Å².